The molecule has 0 fully saturated rings. The van der Waals surface area contributed by atoms with Crippen molar-refractivity contribution in [1.29, 1.82) is 0 Å². The van der Waals surface area contributed by atoms with Crippen LogP contribution in [0.4, 0.5) is 0 Å². The van der Waals surface area contributed by atoms with Gasteiger partial charge in [0.1, 0.15) is 0 Å². The van der Waals surface area contributed by atoms with E-state index in [1.165, 1.54) is 0 Å². The van der Waals surface area contributed by atoms with Crippen LogP contribution >= 0.6 is 0 Å². The van der Waals surface area contributed by atoms with Gasteiger partial charge in [-0.05, 0) is 6.92 Å². The van der Waals surface area contributed by atoms with Crippen LogP contribution < -0.4 is 0 Å². The van der Waals surface area contributed by atoms with Crippen LogP contribution in [0.2, 0.25) is 0 Å². The van der Waals surface area contributed by atoms with Crippen molar-refractivity contribution in [3.05, 3.63) is 0 Å². The number of rotatable bonds is 1. The molecule has 0 aromatic rings. The molecule has 0 saturated heterocycles. The van der Waals surface area contributed by atoms with Gasteiger partial charge in [-0.3, -0.25) is 4.55 Å². The van der Waals surface area contributed by atoms with Crippen LogP contribution in [0.5, 0.6) is 0 Å². The summed E-state index contributed by atoms with van der Waals surface area (Å²) in [7, 11) is -4.19. The van der Waals surface area contributed by atoms with E-state index in [0.717, 1.165) is 6.92 Å². The molecule has 0 spiro atoms. The average Bonchev–Trinajstić information content (AvgIpc) is 1.31. The Labute approximate surface area is 77.6 Å². The molecule has 8 heavy (non-hydrogen) atoms. The molecule has 1 atom stereocenters. The third-order valence-corrected chi connectivity index (χ3v) is 1.29. The molecule has 2 N–H and O–H groups in total. The van der Waals surface area contributed by atoms with Gasteiger partial charge >= 0.3 is 37.7 Å². The molecule has 0 radical (unpaired) electrons. The first-order valence-corrected chi connectivity index (χ1v) is 3.09. The molecule has 0 heterocycles. The summed E-state index contributed by atoms with van der Waals surface area (Å²) >= 11 is 0. The summed E-state index contributed by atoms with van der Waals surface area (Å²) in [5.41, 5.74) is -1.67. The zero-order valence-corrected chi connectivity index (χ0v) is 4.51. The van der Waals surface area contributed by atoms with Crippen LogP contribution in [0, 0.1) is 0 Å². The molecule has 0 aromatic heterocycles. The Morgan fingerprint density at radius 1 is 1.50 bits per heavy atom. The van der Waals surface area contributed by atoms with E-state index in [-0.39, 0.29) is 37.7 Å². The second-order valence-electron chi connectivity index (χ2n) is 1.11. The Morgan fingerprint density at radius 3 is 1.62 bits per heavy atom. The van der Waals surface area contributed by atoms with Gasteiger partial charge in [-0.1, -0.05) is 0 Å². The first-order valence-electron chi connectivity index (χ1n) is 1.59. The van der Waals surface area contributed by atoms with E-state index in [9.17, 15) is 8.42 Å². The van der Waals surface area contributed by atoms with Crippen molar-refractivity contribution >= 4 is 47.9 Å². The summed E-state index contributed by atoms with van der Waals surface area (Å²) in [4.78, 5) is 0. The van der Waals surface area contributed by atoms with Crippen molar-refractivity contribution in [3.63, 3.8) is 0 Å². The number of hydrogen-bond donors (Lipinski definition) is 2. The zero-order valence-electron chi connectivity index (χ0n) is 3.70. The summed E-state index contributed by atoms with van der Waals surface area (Å²) < 4.78 is 27.1. The fourth-order valence-corrected chi connectivity index (χ4v) is 0. The normalized spacial score (nSPS) is 14.4. The Kier molecular flexibility index (Phi) is 5.98. The van der Waals surface area contributed by atoms with Crippen molar-refractivity contribution < 1.29 is 18.1 Å². The molecule has 48 valence electrons. The number of hydrogen-bond acceptors (Lipinski definition) is 3. The Morgan fingerprint density at radius 2 is 1.62 bits per heavy atom. The van der Waals surface area contributed by atoms with Crippen molar-refractivity contribution in [1.82, 2.24) is 0 Å². The third-order valence-electron chi connectivity index (χ3n) is 0.431. The maximum atomic E-state index is 9.64. The van der Waals surface area contributed by atoms with Crippen LogP contribution in [0.15, 0.2) is 0 Å². The van der Waals surface area contributed by atoms with E-state index in [4.69, 9.17) is 9.66 Å². The van der Waals surface area contributed by atoms with Crippen LogP contribution in [0.3, 0.4) is 0 Å². The van der Waals surface area contributed by atoms with Crippen LogP contribution in [0.1, 0.15) is 6.92 Å². The molecule has 0 aliphatic heterocycles. The van der Waals surface area contributed by atoms with Crippen molar-refractivity contribution in [3.8, 4) is 0 Å². The summed E-state index contributed by atoms with van der Waals surface area (Å²) in [5, 5.41) is 8.05. The molecule has 0 rings (SSSR count). The quantitative estimate of drug-likeness (QED) is 0.361. The van der Waals surface area contributed by atoms with Crippen molar-refractivity contribution in [2.75, 3.05) is 0 Å². The van der Waals surface area contributed by atoms with Crippen molar-refractivity contribution in [2.24, 2.45) is 0 Å². The van der Waals surface area contributed by atoms with E-state index in [1.54, 1.807) is 0 Å². The molecule has 4 nitrogen and oxygen atoms in total. The van der Waals surface area contributed by atoms with E-state index < -0.39 is 15.6 Å². The molecule has 0 aliphatic rings. The number of aliphatic hydroxyl groups is 1. The standard InChI is InChI=1S/C2H6O4S.Ca.2H/c1-2(3)7(4,5)6;;;/h2-3H,1H3,(H,4,5,6);;;. The molecular weight excluding hydrogens is 160 g/mol. The Bertz CT molecular complexity index is 136. The monoisotopic (exact) mass is 168 g/mol. The maximum absolute atomic E-state index is 9.64. The van der Waals surface area contributed by atoms with Gasteiger partial charge in [0, 0.05) is 0 Å². The first kappa shape index (κ1) is 11.9. The van der Waals surface area contributed by atoms with Gasteiger partial charge in [-0.25, -0.2) is 0 Å². The molecular formula is C2H8CaO4S. The molecule has 0 aliphatic carbocycles. The van der Waals surface area contributed by atoms with Gasteiger partial charge in [0.15, 0.2) is 5.44 Å². The van der Waals surface area contributed by atoms with E-state index in [0.29, 0.717) is 0 Å². The summed E-state index contributed by atoms with van der Waals surface area (Å²) in [6.07, 6.45) is 0. The van der Waals surface area contributed by atoms with E-state index >= 15 is 0 Å². The molecule has 0 bridgehead atoms. The summed E-state index contributed by atoms with van der Waals surface area (Å²) in [6, 6.07) is 0. The Hall–Kier alpha value is 1.13. The summed E-state index contributed by atoms with van der Waals surface area (Å²) in [5.74, 6) is 0. The van der Waals surface area contributed by atoms with E-state index in [1.807, 2.05) is 0 Å². The van der Waals surface area contributed by atoms with Gasteiger partial charge < -0.3 is 5.11 Å². The number of aliphatic hydroxyl groups excluding tert-OH is 1. The minimum absolute atomic E-state index is 0. The van der Waals surface area contributed by atoms with Crippen LogP contribution in [-0.4, -0.2) is 61.3 Å². The van der Waals surface area contributed by atoms with Crippen LogP contribution in [-0.2, 0) is 10.1 Å². The molecule has 1 unspecified atom stereocenters. The summed E-state index contributed by atoms with van der Waals surface area (Å²) in [6.45, 7) is 0.968. The van der Waals surface area contributed by atoms with Gasteiger partial charge in [-0.2, -0.15) is 8.42 Å². The molecule has 0 saturated carbocycles. The molecule has 0 aromatic carbocycles. The average molecular weight is 168 g/mol. The SMILES string of the molecule is CC(O)S(=O)(=O)O.[CaH2]. The van der Waals surface area contributed by atoms with E-state index in [2.05, 4.69) is 0 Å². The predicted octanol–water partition coefficient (Wildman–Crippen LogP) is -1.70. The van der Waals surface area contributed by atoms with Gasteiger partial charge in [0.2, 0.25) is 0 Å². The Balaban J connectivity index is 0. The third kappa shape index (κ3) is 5.27. The predicted molar refractivity (Wildman–Crippen MR) is 31.8 cm³/mol. The fraction of sp³-hybridized carbons (Fsp3) is 1.00. The van der Waals surface area contributed by atoms with Crippen molar-refractivity contribution in [2.45, 2.75) is 12.4 Å². The minimum atomic E-state index is -4.19. The zero-order chi connectivity index (χ0) is 6.08. The van der Waals surface area contributed by atoms with Gasteiger partial charge in [0.05, 0.1) is 0 Å². The fourth-order valence-electron chi connectivity index (χ4n) is 0. The van der Waals surface area contributed by atoms with Gasteiger partial charge in [0.25, 0.3) is 10.1 Å². The second kappa shape index (κ2) is 4.03. The second-order valence-corrected chi connectivity index (χ2v) is 2.83. The van der Waals surface area contributed by atoms with Gasteiger partial charge in [-0.15, -0.1) is 0 Å². The van der Waals surface area contributed by atoms with Crippen LogP contribution in [0.25, 0.3) is 0 Å². The topological polar surface area (TPSA) is 74.6 Å². The molecule has 6 heteroatoms. The first-order chi connectivity index (χ1) is 2.94. The molecule has 0 amide bonds.